The molecule has 1 aromatic carbocycles. The highest BCUT2D eigenvalue weighted by atomic mass is 16.5. The molecule has 9 heteroatoms. The number of amides is 1. The van der Waals surface area contributed by atoms with Crippen LogP contribution in [0.2, 0.25) is 0 Å². The fourth-order valence-electron chi connectivity index (χ4n) is 4.41. The number of carbonyl (C=O) groups is 1. The van der Waals surface area contributed by atoms with E-state index in [1.165, 1.54) is 6.20 Å². The molecule has 6 rings (SSSR count). The molecule has 3 atom stereocenters. The summed E-state index contributed by atoms with van der Waals surface area (Å²) in [4.78, 5) is 19.6. The predicted molar refractivity (Wildman–Crippen MR) is 108 cm³/mol. The molecule has 2 aromatic heterocycles. The molecule has 0 saturated carbocycles. The molecule has 0 radical (unpaired) electrons. The molecule has 5 heterocycles. The summed E-state index contributed by atoms with van der Waals surface area (Å²) in [6, 6.07) is 6.01. The number of hydrogen-bond acceptors (Lipinski definition) is 7. The van der Waals surface area contributed by atoms with E-state index in [4.69, 9.17) is 9.47 Å². The van der Waals surface area contributed by atoms with Gasteiger partial charge in [-0.15, -0.1) is 0 Å². The lowest BCUT2D eigenvalue weighted by atomic mass is 9.92. The molecule has 0 spiro atoms. The molecule has 3 aliphatic rings. The first-order chi connectivity index (χ1) is 14.5. The number of anilines is 2. The zero-order valence-electron chi connectivity index (χ0n) is 16.4. The molecule has 1 amide bonds. The Hall–Kier alpha value is -3.17. The van der Waals surface area contributed by atoms with Crippen LogP contribution in [0.1, 0.15) is 22.8 Å². The largest absolute Gasteiger partial charge is 0.484 e. The van der Waals surface area contributed by atoms with Gasteiger partial charge in [0.2, 0.25) is 0 Å². The molecule has 3 aromatic rings. The third-order valence-corrected chi connectivity index (χ3v) is 6.20. The van der Waals surface area contributed by atoms with Gasteiger partial charge in [-0.3, -0.25) is 4.79 Å². The molecular formula is C21H21N5O4. The monoisotopic (exact) mass is 407 g/mol. The highest BCUT2D eigenvalue weighted by Gasteiger charge is 2.48. The van der Waals surface area contributed by atoms with Crippen LogP contribution in [-0.4, -0.2) is 63.1 Å². The quantitative estimate of drug-likeness (QED) is 0.671. The van der Waals surface area contributed by atoms with Gasteiger partial charge in [-0.05, 0) is 19.1 Å². The van der Waals surface area contributed by atoms with Crippen molar-refractivity contribution in [3.05, 3.63) is 47.9 Å². The molecule has 0 bridgehead atoms. The number of aromatic nitrogens is 3. The Morgan fingerprint density at radius 1 is 1.43 bits per heavy atom. The molecule has 9 nitrogen and oxygen atoms in total. The number of morpholine rings is 1. The molecule has 2 fully saturated rings. The van der Waals surface area contributed by atoms with Crippen LogP contribution in [0.25, 0.3) is 5.65 Å². The lowest BCUT2D eigenvalue weighted by Gasteiger charge is -2.56. The number of hydrogen-bond donors (Lipinski definition) is 2. The summed E-state index contributed by atoms with van der Waals surface area (Å²) < 4.78 is 13.1. The van der Waals surface area contributed by atoms with E-state index in [1.807, 2.05) is 19.1 Å². The lowest BCUT2D eigenvalue weighted by Crippen LogP contribution is -2.71. The van der Waals surface area contributed by atoms with Crippen molar-refractivity contribution in [1.29, 1.82) is 0 Å². The summed E-state index contributed by atoms with van der Waals surface area (Å²) in [7, 11) is 0. The predicted octanol–water partition coefficient (Wildman–Crippen LogP) is 1.25. The Morgan fingerprint density at radius 2 is 2.33 bits per heavy atom. The molecule has 0 aliphatic carbocycles. The van der Waals surface area contributed by atoms with Crippen LogP contribution in [0.5, 0.6) is 5.75 Å². The number of benzene rings is 1. The van der Waals surface area contributed by atoms with Gasteiger partial charge in [-0.25, -0.2) is 9.50 Å². The summed E-state index contributed by atoms with van der Waals surface area (Å²) in [5.41, 5.74) is 2.84. The van der Waals surface area contributed by atoms with Crippen LogP contribution in [0, 0.1) is 0 Å². The van der Waals surface area contributed by atoms with Crippen molar-refractivity contribution in [2.45, 2.75) is 31.1 Å². The zero-order chi connectivity index (χ0) is 20.5. The topological polar surface area (TPSA) is 101 Å². The van der Waals surface area contributed by atoms with Gasteiger partial charge in [0.05, 0.1) is 42.9 Å². The van der Waals surface area contributed by atoms with E-state index in [9.17, 15) is 9.90 Å². The third kappa shape index (κ3) is 2.52. The summed E-state index contributed by atoms with van der Waals surface area (Å²) in [5, 5.41) is 17.0. The van der Waals surface area contributed by atoms with E-state index in [0.717, 1.165) is 23.5 Å². The molecule has 154 valence electrons. The van der Waals surface area contributed by atoms with Crippen LogP contribution >= 0.6 is 0 Å². The lowest BCUT2D eigenvalue weighted by molar-refractivity contribution is -0.113. The van der Waals surface area contributed by atoms with E-state index >= 15 is 0 Å². The molecule has 30 heavy (non-hydrogen) atoms. The minimum absolute atomic E-state index is 0.0744. The van der Waals surface area contributed by atoms with Crippen molar-refractivity contribution in [2.24, 2.45) is 0 Å². The van der Waals surface area contributed by atoms with E-state index in [2.05, 4.69) is 20.3 Å². The Labute approximate surface area is 172 Å². The van der Waals surface area contributed by atoms with Crippen molar-refractivity contribution < 1.29 is 19.4 Å². The van der Waals surface area contributed by atoms with Gasteiger partial charge in [0, 0.05) is 37.0 Å². The minimum atomic E-state index is -0.647. The van der Waals surface area contributed by atoms with Gasteiger partial charge in [0.15, 0.2) is 5.65 Å². The Balaban J connectivity index is 1.37. The van der Waals surface area contributed by atoms with Crippen molar-refractivity contribution in [3.63, 3.8) is 0 Å². The summed E-state index contributed by atoms with van der Waals surface area (Å²) in [6.45, 7) is 3.27. The smallest absolute Gasteiger partial charge is 0.261 e. The van der Waals surface area contributed by atoms with Crippen LogP contribution in [0.4, 0.5) is 11.4 Å². The Morgan fingerprint density at radius 3 is 3.07 bits per heavy atom. The first-order valence-electron chi connectivity index (χ1n) is 9.99. The SMILES string of the molecule is C[C@]1(CO)Cc2cc(NC(=O)c3cnn4cccnc34)c(N3CC4OCC43)cc2O1. The van der Waals surface area contributed by atoms with Gasteiger partial charge < -0.3 is 24.8 Å². The number of nitrogens with zero attached hydrogens (tertiary/aromatic N) is 4. The third-order valence-electron chi connectivity index (χ3n) is 6.20. The highest BCUT2D eigenvalue weighted by molar-refractivity contribution is 6.09. The molecule has 3 aliphatic heterocycles. The summed E-state index contributed by atoms with van der Waals surface area (Å²) >= 11 is 0. The minimum Gasteiger partial charge on any atom is -0.484 e. The number of fused-ring (bicyclic) bond motifs is 3. The Bertz CT molecular complexity index is 1180. The number of rotatable bonds is 4. The molecule has 2 unspecified atom stereocenters. The Kier molecular flexibility index (Phi) is 3.63. The van der Waals surface area contributed by atoms with Crippen molar-refractivity contribution in [2.75, 3.05) is 30.0 Å². The van der Waals surface area contributed by atoms with E-state index in [-0.39, 0.29) is 18.6 Å². The number of nitrogens with one attached hydrogen (secondary N) is 1. The summed E-state index contributed by atoms with van der Waals surface area (Å²) in [6.07, 6.45) is 5.75. The first-order valence-corrected chi connectivity index (χ1v) is 9.99. The normalized spacial score (nSPS) is 26.4. The van der Waals surface area contributed by atoms with Crippen molar-refractivity contribution >= 4 is 22.9 Å². The van der Waals surface area contributed by atoms with Crippen LogP contribution in [-0.2, 0) is 11.2 Å². The number of carbonyl (C=O) groups excluding carboxylic acids is 1. The number of ether oxygens (including phenoxy) is 2. The fourth-order valence-corrected chi connectivity index (χ4v) is 4.41. The second kappa shape index (κ2) is 6.16. The average Bonchev–Trinajstić information content (AvgIpc) is 3.30. The average molecular weight is 407 g/mol. The maximum atomic E-state index is 13.1. The van der Waals surface area contributed by atoms with Gasteiger partial charge in [-0.2, -0.15) is 5.10 Å². The fraction of sp³-hybridized carbons (Fsp3) is 0.381. The van der Waals surface area contributed by atoms with Crippen LogP contribution in [0.15, 0.2) is 36.8 Å². The van der Waals surface area contributed by atoms with Crippen LogP contribution in [0.3, 0.4) is 0 Å². The standard InChI is InChI=1S/C21H21N5O4/c1-21(11-27)7-12-5-14(15(6-17(12)30-21)25-9-18-16(25)10-29-18)24-20(28)13-8-23-26-4-2-3-22-19(13)26/h2-6,8,16,18,27H,7,9-11H2,1H3,(H,24,28)/t16?,18?,21-/m1/s1. The van der Waals surface area contributed by atoms with Gasteiger partial charge in [0.25, 0.3) is 5.91 Å². The highest BCUT2D eigenvalue weighted by Crippen LogP contribution is 2.45. The second-order valence-electron chi connectivity index (χ2n) is 8.36. The van der Waals surface area contributed by atoms with E-state index < -0.39 is 5.60 Å². The maximum Gasteiger partial charge on any atom is 0.261 e. The molecular weight excluding hydrogens is 386 g/mol. The van der Waals surface area contributed by atoms with Crippen LogP contribution < -0.4 is 15.0 Å². The van der Waals surface area contributed by atoms with Crippen molar-refractivity contribution in [1.82, 2.24) is 14.6 Å². The zero-order valence-corrected chi connectivity index (χ0v) is 16.4. The van der Waals surface area contributed by atoms with Gasteiger partial charge >= 0.3 is 0 Å². The van der Waals surface area contributed by atoms with Gasteiger partial charge in [-0.1, -0.05) is 0 Å². The van der Waals surface area contributed by atoms with E-state index in [0.29, 0.717) is 36.0 Å². The number of aliphatic hydroxyl groups is 1. The first kappa shape index (κ1) is 17.7. The van der Waals surface area contributed by atoms with Crippen molar-refractivity contribution in [3.8, 4) is 5.75 Å². The molecule has 2 saturated heterocycles. The second-order valence-corrected chi connectivity index (χ2v) is 8.36. The molecule has 2 N–H and O–H groups in total. The van der Waals surface area contributed by atoms with E-state index in [1.54, 1.807) is 23.0 Å². The summed E-state index contributed by atoms with van der Waals surface area (Å²) in [5.74, 6) is 0.483. The maximum absolute atomic E-state index is 13.1. The number of aliphatic hydroxyl groups excluding tert-OH is 1. The van der Waals surface area contributed by atoms with Gasteiger partial charge in [0.1, 0.15) is 16.9 Å².